The fourth-order valence-electron chi connectivity index (χ4n) is 4.22. The van der Waals surface area contributed by atoms with Gasteiger partial charge in [-0.15, -0.1) is 6.58 Å². The smallest absolute Gasteiger partial charge is 0.0655 e. The number of nitriles is 1. The van der Waals surface area contributed by atoms with E-state index in [2.05, 4.69) is 18.7 Å². The van der Waals surface area contributed by atoms with Crippen molar-refractivity contribution in [1.29, 1.82) is 5.26 Å². The number of hydrogen-bond donors (Lipinski definition) is 0. The fourth-order valence-corrected chi connectivity index (χ4v) is 4.22. The molecule has 0 bridgehead atoms. The lowest BCUT2D eigenvalue weighted by atomic mass is 9.69. The van der Waals surface area contributed by atoms with Crippen LogP contribution < -0.4 is 0 Å². The molecule has 1 heteroatoms. The van der Waals surface area contributed by atoms with E-state index in [9.17, 15) is 0 Å². The highest BCUT2D eigenvalue weighted by molar-refractivity contribution is 4.89. The predicted molar refractivity (Wildman–Crippen MR) is 80.6 cm³/mol. The molecule has 0 heterocycles. The van der Waals surface area contributed by atoms with E-state index in [4.69, 9.17) is 5.26 Å². The van der Waals surface area contributed by atoms with Crippen molar-refractivity contribution >= 4 is 0 Å². The van der Waals surface area contributed by atoms with Crippen molar-refractivity contribution in [1.82, 2.24) is 0 Å². The Morgan fingerprint density at radius 1 is 0.947 bits per heavy atom. The van der Waals surface area contributed by atoms with E-state index in [0.29, 0.717) is 5.92 Å². The number of allylic oxidation sites excluding steroid dienone is 1. The Kier molecular flexibility index (Phi) is 5.95. The van der Waals surface area contributed by atoms with Gasteiger partial charge in [-0.2, -0.15) is 5.26 Å². The summed E-state index contributed by atoms with van der Waals surface area (Å²) in [6, 6.07) is 2.46. The second-order valence-electron chi connectivity index (χ2n) is 6.74. The van der Waals surface area contributed by atoms with Gasteiger partial charge in [-0.3, -0.25) is 0 Å². The van der Waals surface area contributed by atoms with Gasteiger partial charge in [0.25, 0.3) is 0 Å². The number of nitrogens with zero attached hydrogens (tertiary/aromatic N) is 1. The van der Waals surface area contributed by atoms with Gasteiger partial charge >= 0.3 is 0 Å². The van der Waals surface area contributed by atoms with Crippen LogP contribution in [0.3, 0.4) is 0 Å². The quantitative estimate of drug-likeness (QED) is 0.474. The lowest BCUT2D eigenvalue weighted by molar-refractivity contribution is 0.153. The van der Waals surface area contributed by atoms with Gasteiger partial charge in [0.15, 0.2) is 0 Å². The molecule has 2 rings (SSSR count). The Hall–Kier alpha value is -0.770. The maximum atomic E-state index is 8.97. The summed E-state index contributed by atoms with van der Waals surface area (Å²) >= 11 is 0. The second kappa shape index (κ2) is 7.73. The molecule has 0 spiro atoms. The zero-order chi connectivity index (χ0) is 13.5. The molecule has 0 aliphatic heterocycles. The van der Waals surface area contributed by atoms with Crippen LogP contribution in [0.15, 0.2) is 12.7 Å². The van der Waals surface area contributed by atoms with E-state index in [1.807, 2.05) is 0 Å². The van der Waals surface area contributed by atoms with Crippen molar-refractivity contribution in [3.8, 4) is 6.07 Å². The largest absolute Gasteiger partial charge is 0.198 e. The van der Waals surface area contributed by atoms with Crippen LogP contribution in [-0.2, 0) is 0 Å². The second-order valence-corrected chi connectivity index (χ2v) is 6.74. The summed E-state index contributed by atoms with van der Waals surface area (Å²) < 4.78 is 0. The molecule has 1 nitrogen and oxygen atoms in total. The average molecular weight is 259 g/mol. The van der Waals surface area contributed by atoms with Gasteiger partial charge in [0.05, 0.1) is 6.07 Å². The molecule has 2 fully saturated rings. The van der Waals surface area contributed by atoms with Crippen LogP contribution in [-0.4, -0.2) is 0 Å². The first kappa shape index (κ1) is 14.6. The lowest BCUT2D eigenvalue weighted by Gasteiger charge is -2.36. The van der Waals surface area contributed by atoms with Gasteiger partial charge in [-0.1, -0.05) is 25.3 Å². The molecular formula is C18H29N. The molecule has 0 radical (unpaired) electrons. The van der Waals surface area contributed by atoms with Crippen molar-refractivity contribution < 1.29 is 0 Å². The first-order chi connectivity index (χ1) is 9.33. The van der Waals surface area contributed by atoms with Crippen LogP contribution in [0.4, 0.5) is 0 Å². The molecule has 0 amide bonds. The summed E-state index contributed by atoms with van der Waals surface area (Å²) in [6.45, 7) is 3.81. The summed E-state index contributed by atoms with van der Waals surface area (Å²) in [5, 5.41) is 8.97. The maximum absolute atomic E-state index is 8.97. The first-order valence-corrected chi connectivity index (χ1v) is 8.34. The minimum atomic E-state index is 0.367. The van der Waals surface area contributed by atoms with Crippen molar-refractivity contribution in [2.75, 3.05) is 0 Å². The molecule has 0 aromatic heterocycles. The van der Waals surface area contributed by atoms with Gasteiger partial charge in [-0.05, 0) is 69.1 Å². The van der Waals surface area contributed by atoms with Crippen LogP contribution >= 0.6 is 0 Å². The Morgan fingerprint density at radius 2 is 1.53 bits per heavy atom. The lowest BCUT2D eigenvalue weighted by Crippen LogP contribution is -2.25. The van der Waals surface area contributed by atoms with Crippen LogP contribution in [0.5, 0.6) is 0 Å². The molecule has 0 unspecified atom stereocenters. The molecule has 19 heavy (non-hydrogen) atoms. The normalized spacial score (nSPS) is 35.5. The maximum Gasteiger partial charge on any atom is 0.0655 e. The number of rotatable bonds is 5. The highest BCUT2D eigenvalue weighted by Crippen LogP contribution is 2.42. The Balaban J connectivity index is 1.66. The van der Waals surface area contributed by atoms with Gasteiger partial charge in [-0.25, -0.2) is 0 Å². The van der Waals surface area contributed by atoms with E-state index in [1.54, 1.807) is 0 Å². The van der Waals surface area contributed by atoms with E-state index in [0.717, 1.165) is 17.8 Å². The van der Waals surface area contributed by atoms with Gasteiger partial charge in [0.1, 0.15) is 0 Å². The van der Waals surface area contributed by atoms with E-state index in [-0.39, 0.29) is 0 Å². The molecule has 106 valence electrons. The molecular weight excluding hydrogens is 230 g/mol. The van der Waals surface area contributed by atoms with E-state index in [1.165, 1.54) is 70.6 Å². The van der Waals surface area contributed by atoms with Gasteiger partial charge in [0, 0.05) is 5.92 Å². The number of unbranched alkanes of at least 4 members (excludes halogenated alkanes) is 1. The Morgan fingerprint density at radius 3 is 2.05 bits per heavy atom. The molecule has 0 aromatic rings. The molecule has 2 saturated carbocycles. The SMILES string of the molecule is C=CCCC[C@H]1CC[C@H]([C@H]2CC[C@H](C#N)CC2)CC1. The molecule has 0 aromatic carbocycles. The molecule has 0 saturated heterocycles. The van der Waals surface area contributed by atoms with Crippen LogP contribution in [0.2, 0.25) is 0 Å². The van der Waals surface area contributed by atoms with Gasteiger partial charge < -0.3 is 0 Å². The molecule has 0 atom stereocenters. The van der Waals surface area contributed by atoms with Crippen LogP contribution in [0, 0.1) is 35.0 Å². The highest BCUT2D eigenvalue weighted by Gasteiger charge is 2.30. The Labute approximate surface area is 119 Å². The standard InChI is InChI=1S/C18H29N/c1-2-3-4-5-15-6-10-17(11-7-15)18-12-8-16(14-19)9-13-18/h2,15-18H,1,3-13H2/t15-,16-,17-,18-. The third-order valence-corrected chi connectivity index (χ3v) is 5.53. The summed E-state index contributed by atoms with van der Waals surface area (Å²) in [5.74, 6) is 3.28. The molecule has 0 N–H and O–H groups in total. The predicted octanol–water partition coefficient (Wildman–Crippen LogP) is 5.48. The van der Waals surface area contributed by atoms with Crippen LogP contribution in [0.25, 0.3) is 0 Å². The fraction of sp³-hybridized carbons (Fsp3) is 0.833. The van der Waals surface area contributed by atoms with E-state index >= 15 is 0 Å². The third-order valence-electron chi connectivity index (χ3n) is 5.53. The molecule has 2 aliphatic rings. The summed E-state index contributed by atoms with van der Waals surface area (Å²) in [4.78, 5) is 0. The van der Waals surface area contributed by atoms with E-state index < -0.39 is 0 Å². The monoisotopic (exact) mass is 259 g/mol. The average Bonchev–Trinajstić information content (AvgIpc) is 2.48. The summed E-state index contributed by atoms with van der Waals surface area (Å²) in [6.07, 6.45) is 16.8. The topological polar surface area (TPSA) is 23.8 Å². The van der Waals surface area contributed by atoms with Gasteiger partial charge in [0.2, 0.25) is 0 Å². The zero-order valence-electron chi connectivity index (χ0n) is 12.3. The minimum absolute atomic E-state index is 0.367. The zero-order valence-corrected chi connectivity index (χ0v) is 12.3. The number of hydrogen-bond acceptors (Lipinski definition) is 1. The molecule has 2 aliphatic carbocycles. The first-order valence-electron chi connectivity index (χ1n) is 8.34. The van der Waals surface area contributed by atoms with Crippen molar-refractivity contribution in [2.24, 2.45) is 23.7 Å². The van der Waals surface area contributed by atoms with Crippen molar-refractivity contribution in [2.45, 2.75) is 70.6 Å². The highest BCUT2D eigenvalue weighted by atomic mass is 14.4. The Bertz CT molecular complexity index is 298. The minimum Gasteiger partial charge on any atom is -0.198 e. The third kappa shape index (κ3) is 4.37. The summed E-state index contributed by atoms with van der Waals surface area (Å²) in [5.41, 5.74) is 0. The van der Waals surface area contributed by atoms with Crippen molar-refractivity contribution in [3.63, 3.8) is 0 Å². The van der Waals surface area contributed by atoms with Crippen LogP contribution in [0.1, 0.15) is 70.6 Å². The van der Waals surface area contributed by atoms with Crippen molar-refractivity contribution in [3.05, 3.63) is 12.7 Å². The summed E-state index contributed by atoms with van der Waals surface area (Å²) in [7, 11) is 0.